The van der Waals surface area contributed by atoms with Gasteiger partial charge in [-0.05, 0) is 23.9 Å². The minimum Gasteiger partial charge on any atom is -0.135 e. The van der Waals surface area contributed by atoms with E-state index in [-0.39, 0.29) is 0 Å². The monoisotopic (exact) mass is 180 g/mol. The Bertz CT molecular complexity index is 183. The Labute approximate surface area is 78.4 Å². The molecule has 1 aliphatic rings. The van der Waals surface area contributed by atoms with Crippen LogP contribution in [0, 0.1) is 17.4 Å². The van der Waals surface area contributed by atoms with Crippen LogP contribution in [0.5, 0.6) is 0 Å². The lowest BCUT2D eigenvalue weighted by Crippen LogP contribution is -2.18. The van der Waals surface area contributed by atoms with Crippen molar-refractivity contribution in [3.05, 3.63) is 0 Å². The van der Waals surface area contributed by atoms with Crippen molar-refractivity contribution < 1.29 is 0 Å². The predicted molar refractivity (Wildman–Crippen MR) is 57.8 cm³/mol. The van der Waals surface area contributed by atoms with Gasteiger partial charge in [0.05, 0.1) is 0 Å². The smallest absolute Gasteiger partial charge is 0.127 e. The SMILES string of the molecule is CC(C)[SiH](C#CC1CC1)C(C)C. The third-order valence-corrected chi connectivity index (χ3v) is 5.84. The van der Waals surface area contributed by atoms with Crippen LogP contribution in [0.2, 0.25) is 11.1 Å². The first-order valence-corrected chi connectivity index (χ1v) is 7.03. The molecule has 0 radical (unpaired) electrons. The van der Waals surface area contributed by atoms with Gasteiger partial charge in [0.15, 0.2) is 0 Å². The van der Waals surface area contributed by atoms with Crippen molar-refractivity contribution in [3.63, 3.8) is 0 Å². The van der Waals surface area contributed by atoms with Gasteiger partial charge in [0.2, 0.25) is 0 Å². The lowest BCUT2D eigenvalue weighted by atomic mass is 10.5. The zero-order valence-electron chi connectivity index (χ0n) is 8.72. The van der Waals surface area contributed by atoms with Crippen molar-refractivity contribution in [1.29, 1.82) is 0 Å². The first-order valence-electron chi connectivity index (χ1n) is 5.12. The molecule has 12 heavy (non-hydrogen) atoms. The van der Waals surface area contributed by atoms with E-state index in [1.54, 1.807) is 0 Å². The van der Waals surface area contributed by atoms with Crippen molar-refractivity contribution in [2.75, 3.05) is 0 Å². The Balaban J connectivity index is 2.48. The molecule has 0 bridgehead atoms. The van der Waals surface area contributed by atoms with E-state index >= 15 is 0 Å². The number of hydrogen-bond acceptors (Lipinski definition) is 0. The highest BCUT2D eigenvalue weighted by molar-refractivity contribution is 6.70. The van der Waals surface area contributed by atoms with E-state index in [1.807, 2.05) is 0 Å². The molecule has 68 valence electrons. The molecule has 0 aliphatic heterocycles. The summed E-state index contributed by atoms with van der Waals surface area (Å²) in [5, 5.41) is 0. The standard InChI is InChI=1S/C11H20Si/c1-9(2)12(10(3)4)8-7-11-5-6-11/h9-12H,5-6H2,1-4H3. The summed E-state index contributed by atoms with van der Waals surface area (Å²) in [7, 11) is -0.758. The molecular weight excluding hydrogens is 160 g/mol. The van der Waals surface area contributed by atoms with Gasteiger partial charge in [-0.3, -0.25) is 0 Å². The molecule has 1 aliphatic carbocycles. The maximum absolute atomic E-state index is 3.57. The molecule has 0 saturated heterocycles. The summed E-state index contributed by atoms with van der Waals surface area (Å²) in [5.74, 6) is 4.22. The molecule has 0 amide bonds. The van der Waals surface area contributed by atoms with Crippen molar-refractivity contribution in [2.24, 2.45) is 5.92 Å². The average Bonchev–Trinajstić information content (AvgIpc) is 2.69. The molecular formula is C11H20Si. The molecule has 0 spiro atoms. The summed E-state index contributed by atoms with van der Waals surface area (Å²) in [6, 6.07) is 0. The topological polar surface area (TPSA) is 0 Å². The fourth-order valence-electron chi connectivity index (χ4n) is 1.54. The summed E-state index contributed by atoms with van der Waals surface area (Å²) >= 11 is 0. The molecule has 0 aromatic heterocycles. The summed E-state index contributed by atoms with van der Waals surface area (Å²) in [6.07, 6.45) is 2.73. The van der Waals surface area contributed by atoms with E-state index in [0.717, 1.165) is 17.0 Å². The Hall–Kier alpha value is -0.223. The molecule has 1 rings (SSSR count). The molecule has 0 aromatic carbocycles. The molecule has 0 heterocycles. The second kappa shape index (κ2) is 4.14. The molecule has 0 atom stereocenters. The molecule has 0 nitrogen and oxygen atoms in total. The predicted octanol–water partition coefficient (Wildman–Crippen LogP) is 2.99. The lowest BCUT2D eigenvalue weighted by molar-refractivity contribution is 0.953. The Morgan fingerprint density at radius 2 is 1.58 bits per heavy atom. The minimum absolute atomic E-state index is 0.758. The number of hydrogen-bond donors (Lipinski definition) is 0. The van der Waals surface area contributed by atoms with Gasteiger partial charge in [-0.2, -0.15) is 0 Å². The van der Waals surface area contributed by atoms with Crippen LogP contribution in [-0.4, -0.2) is 8.80 Å². The molecule has 0 N–H and O–H groups in total. The van der Waals surface area contributed by atoms with E-state index in [4.69, 9.17) is 0 Å². The van der Waals surface area contributed by atoms with Gasteiger partial charge in [0.1, 0.15) is 8.80 Å². The second-order valence-corrected chi connectivity index (χ2v) is 8.58. The third-order valence-electron chi connectivity index (χ3n) is 2.47. The molecule has 1 saturated carbocycles. The summed E-state index contributed by atoms with van der Waals surface area (Å²) in [6.45, 7) is 9.33. The normalized spacial score (nSPS) is 16.9. The zero-order valence-corrected chi connectivity index (χ0v) is 9.88. The third kappa shape index (κ3) is 3.03. The molecule has 1 heteroatoms. The lowest BCUT2D eigenvalue weighted by Gasteiger charge is -2.16. The van der Waals surface area contributed by atoms with Crippen molar-refractivity contribution >= 4 is 8.80 Å². The van der Waals surface area contributed by atoms with E-state index in [0.29, 0.717) is 0 Å². The van der Waals surface area contributed by atoms with E-state index in [9.17, 15) is 0 Å². The van der Waals surface area contributed by atoms with Crippen molar-refractivity contribution in [1.82, 2.24) is 0 Å². The average molecular weight is 180 g/mol. The minimum atomic E-state index is -0.758. The second-order valence-electron chi connectivity index (χ2n) is 4.58. The summed E-state index contributed by atoms with van der Waals surface area (Å²) < 4.78 is 0. The van der Waals surface area contributed by atoms with E-state index < -0.39 is 8.80 Å². The highest BCUT2D eigenvalue weighted by Crippen LogP contribution is 2.28. The first-order chi connectivity index (χ1) is 5.61. The number of rotatable bonds is 2. The van der Waals surface area contributed by atoms with Gasteiger partial charge in [0, 0.05) is 5.92 Å². The van der Waals surface area contributed by atoms with Gasteiger partial charge < -0.3 is 0 Å². The maximum Gasteiger partial charge on any atom is 0.127 e. The Kier molecular flexibility index (Phi) is 3.40. The Morgan fingerprint density at radius 1 is 1.08 bits per heavy atom. The zero-order chi connectivity index (χ0) is 9.14. The van der Waals surface area contributed by atoms with Gasteiger partial charge in [-0.1, -0.05) is 27.7 Å². The highest BCUT2D eigenvalue weighted by atomic mass is 28.3. The van der Waals surface area contributed by atoms with Crippen LogP contribution in [0.15, 0.2) is 0 Å². The van der Waals surface area contributed by atoms with Crippen LogP contribution in [0.1, 0.15) is 40.5 Å². The van der Waals surface area contributed by atoms with Crippen LogP contribution >= 0.6 is 0 Å². The fraction of sp³-hybridized carbons (Fsp3) is 0.818. The quantitative estimate of drug-likeness (QED) is 0.453. The fourth-order valence-corrected chi connectivity index (χ4v) is 4.18. The van der Waals surface area contributed by atoms with Crippen LogP contribution in [0.4, 0.5) is 0 Å². The highest BCUT2D eigenvalue weighted by Gasteiger charge is 2.20. The van der Waals surface area contributed by atoms with E-state index in [1.165, 1.54) is 12.8 Å². The maximum atomic E-state index is 3.57. The van der Waals surface area contributed by atoms with Crippen molar-refractivity contribution in [3.8, 4) is 11.5 Å². The van der Waals surface area contributed by atoms with Crippen LogP contribution in [0.25, 0.3) is 0 Å². The van der Waals surface area contributed by atoms with Gasteiger partial charge in [-0.25, -0.2) is 0 Å². The van der Waals surface area contributed by atoms with Gasteiger partial charge in [0.25, 0.3) is 0 Å². The largest absolute Gasteiger partial charge is 0.135 e. The summed E-state index contributed by atoms with van der Waals surface area (Å²) in [5.41, 5.74) is 5.26. The summed E-state index contributed by atoms with van der Waals surface area (Å²) in [4.78, 5) is 0. The Morgan fingerprint density at radius 3 is 1.92 bits per heavy atom. The molecule has 1 fully saturated rings. The van der Waals surface area contributed by atoms with Crippen molar-refractivity contribution in [2.45, 2.75) is 51.6 Å². The van der Waals surface area contributed by atoms with Crippen LogP contribution in [0.3, 0.4) is 0 Å². The molecule has 0 unspecified atom stereocenters. The van der Waals surface area contributed by atoms with E-state index in [2.05, 4.69) is 39.2 Å². The van der Waals surface area contributed by atoms with Crippen LogP contribution < -0.4 is 0 Å². The van der Waals surface area contributed by atoms with Crippen LogP contribution in [-0.2, 0) is 0 Å². The van der Waals surface area contributed by atoms with Gasteiger partial charge >= 0.3 is 0 Å². The first kappa shape index (κ1) is 9.86. The van der Waals surface area contributed by atoms with Gasteiger partial charge in [-0.15, -0.1) is 11.5 Å². The molecule has 0 aromatic rings.